The third-order valence-corrected chi connectivity index (χ3v) is 4.07. The zero-order valence-corrected chi connectivity index (χ0v) is 13.0. The van der Waals surface area contributed by atoms with Crippen LogP contribution in [0.5, 0.6) is 0 Å². The molecule has 0 aliphatic heterocycles. The molecule has 1 saturated carbocycles. The molecular weight excluding hydrogens is 333 g/mol. The van der Waals surface area contributed by atoms with Crippen molar-refractivity contribution in [2.24, 2.45) is 11.8 Å². The first-order valence-corrected chi connectivity index (χ1v) is 7.67. The van der Waals surface area contributed by atoms with Crippen molar-refractivity contribution in [1.82, 2.24) is 25.6 Å². The summed E-state index contributed by atoms with van der Waals surface area (Å²) >= 11 is 0. The lowest BCUT2D eigenvalue weighted by molar-refractivity contribution is 0.0930. The van der Waals surface area contributed by atoms with Crippen molar-refractivity contribution in [3.05, 3.63) is 56.4 Å². The fourth-order valence-corrected chi connectivity index (χ4v) is 2.54. The molecule has 0 saturated heterocycles. The summed E-state index contributed by atoms with van der Waals surface area (Å²) in [6.45, 7) is 0.727. The van der Waals surface area contributed by atoms with Crippen LogP contribution in [0.15, 0.2) is 27.9 Å². The first-order valence-electron chi connectivity index (χ1n) is 7.67. The molecule has 10 heteroatoms. The van der Waals surface area contributed by atoms with Gasteiger partial charge in [0.15, 0.2) is 0 Å². The minimum absolute atomic E-state index is 0.143. The predicted molar refractivity (Wildman–Crippen MR) is 84.7 cm³/mol. The Morgan fingerprint density at radius 2 is 1.80 bits per heavy atom. The van der Waals surface area contributed by atoms with E-state index in [2.05, 4.69) is 15.6 Å². The quantitative estimate of drug-likeness (QED) is 0.472. The van der Waals surface area contributed by atoms with E-state index in [1.165, 1.54) is 0 Å². The lowest BCUT2D eigenvalue weighted by Crippen LogP contribution is -2.35. The van der Waals surface area contributed by atoms with Crippen LogP contribution in [0.4, 0.5) is 4.39 Å². The van der Waals surface area contributed by atoms with Gasteiger partial charge in [-0.3, -0.25) is 19.4 Å². The van der Waals surface area contributed by atoms with E-state index in [1.807, 2.05) is 4.98 Å². The third-order valence-electron chi connectivity index (χ3n) is 4.07. The number of carbonyl (C=O) groups excluding carboxylic acids is 2. The second-order valence-electron chi connectivity index (χ2n) is 5.86. The molecule has 2 atom stereocenters. The van der Waals surface area contributed by atoms with E-state index in [1.54, 1.807) is 23.3 Å². The first-order chi connectivity index (χ1) is 12.0. The maximum Gasteiger partial charge on any atom is 0.326 e. The first kappa shape index (κ1) is 16.7. The predicted octanol–water partition coefficient (Wildman–Crippen LogP) is -0.674. The van der Waals surface area contributed by atoms with Gasteiger partial charge in [0.25, 0.3) is 17.4 Å². The van der Waals surface area contributed by atoms with E-state index in [9.17, 15) is 23.6 Å². The van der Waals surface area contributed by atoms with Crippen molar-refractivity contribution < 1.29 is 14.0 Å². The zero-order chi connectivity index (χ0) is 18.0. The molecule has 0 bridgehead atoms. The van der Waals surface area contributed by atoms with Gasteiger partial charge in [0.05, 0.1) is 0 Å². The van der Waals surface area contributed by atoms with Crippen LogP contribution < -0.4 is 21.9 Å². The summed E-state index contributed by atoms with van der Waals surface area (Å²) in [4.78, 5) is 52.4. The van der Waals surface area contributed by atoms with Crippen LogP contribution >= 0.6 is 0 Å². The number of hydrogen-bond acceptors (Lipinski definition) is 4. The molecule has 1 aliphatic rings. The molecule has 2 aromatic rings. The summed E-state index contributed by atoms with van der Waals surface area (Å²) in [6.07, 6.45) is 2.46. The lowest BCUT2D eigenvalue weighted by Gasteiger charge is -2.06. The maximum absolute atomic E-state index is 13.6. The largest absolute Gasteiger partial charge is 0.357 e. The van der Waals surface area contributed by atoms with E-state index in [4.69, 9.17) is 0 Å². The van der Waals surface area contributed by atoms with Crippen LogP contribution in [0, 0.1) is 17.7 Å². The Bertz CT molecular complexity index is 901. The van der Waals surface area contributed by atoms with E-state index in [0.29, 0.717) is 12.2 Å². The Morgan fingerprint density at radius 3 is 2.44 bits per heavy atom. The topological polar surface area (TPSA) is 140 Å². The molecule has 1 aliphatic carbocycles. The molecule has 2 amide bonds. The number of rotatable bonds is 6. The number of H-pyrrole nitrogens is 3. The molecule has 132 valence electrons. The van der Waals surface area contributed by atoms with Gasteiger partial charge in [-0.1, -0.05) is 0 Å². The highest BCUT2D eigenvalue weighted by molar-refractivity contribution is 5.92. The Kier molecular flexibility index (Phi) is 4.50. The average molecular weight is 349 g/mol. The smallest absolute Gasteiger partial charge is 0.326 e. The minimum Gasteiger partial charge on any atom is -0.357 e. The normalized spacial score (nSPS) is 18.6. The Balaban J connectivity index is 1.46. The number of nitrogens with one attached hydrogen (secondary N) is 5. The second-order valence-corrected chi connectivity index (χ2v) is 5.86. The summed E-state index contributed by atoms with van der Waals surface area (Å²) in [7, 11) is 0. The van der Waals surface area contributed by atoms with Crippen molar-refractivity contribution >= 4 is 11.8 Å². The highest BCUT2D eigenvalue weighted by Crippen LogP contribution is 2.37. The van der Waals surface area contributed by atoms with Crippen LogP contribution in [-0.2, 0) is 0 Å². The van der Waals surface area contributed by atoms with Crippen molar-refractivity contribution in [2.45, 2.75) is 6.42 Å². The summed E-state index contributed by atoms with van der Waals surface area (Å²) in [5, 5.41) is 5.27. The van der Waals surface area contributed by atoms with Gasteiger partial charge in [0, 0.05) is 19.3 Å². The van der Waals surface area contributed by atoms with Gasteiger partial charge in [0.2, 0.25) is 5.82 Å². The van der Waals surface area contributed by atoms with Gasteiger partial charge in [-0.15, -0.1) is 0 Å². The Hall–Kier alpha value is -3.17. The fourth-order valence-electron chi connectivity index (χ4n) is 2.54. The summed E-state index contributed by atoms with van der Waals surface area (Å²) in [6, 6.07) is 3.39. The highest BCUT2D eigenvalue weighted by atomic mass is 19.1. The van der Waals surface area contributed by atoms with Crippen molar-refractivity contribution in [3.8, 4) is 0 Å². The molecule has 9 nitrogen and oxygen atoms in total. The van der Waals surface area contributed by atoms with Crippen molar-refractivity contribution in [2.75, 3.05) is 13.1 Å². The molecule has 1 fully saturated rings. The average Bonchev–Trinajstić information content (AvgIpc) is 3.09. The van der Waals surface area contributed by atoms with Gasteiger partial charge in [-0.25, -0.2) is 4.79 Å². The van der Waals surface area contributed by atoms with E-state index in [0.717, 1.165) is 6.42 Å². The number of halogens is 1. The number of hydrogen-bond donors (Lipinski definition) is 5. The number of carbonyl (C=O) groups is 2. The van der Waals surface area contributed by atoms with E-state index in [-0.39, 0.29) is 24.3 Å². The monoisotopic (exact) mass is 349 g/mol. The summed E-state index contributed by atoms with van der Waals surface area (Å²) < 4.78 is 13.6. The molecule has 0 unspecified atom stereocenters. The molecule has 3 rings (SSSR count). The summed E-state index contributed by atoms with van der Waals surface area (Å²) in [5.74, 6) is -2.04. The fraction of sp³-hybridized carbons (Fsp3) is 0.333. The standard InChI is InChI=1S/C15H16FN5O4/c16-10-11(20-15(25)21-13(10)23)14(24)19-6-8-4-7(8)5-18-12(22)9-2-1-3-17-9/h1-3,7-8,17H,4-6H2,(H,18,22)(H,19,24)(H2,20,21,23,25)/t7-,8-/m0/s1. The highest BCUT2D eigenvalue weighted by Gasteiger charge is 2.37. The van der Waals surface area contributed by atoms with E-state index >= 15 is 0 Å². The van der Waals surface area contributed by atoms with Crippen LogP contribution in [0.25, 0.3) is 0 Å². The minimum atomic E-state index is -1.33. The van der Waals surface area contributed by atoms with Crippen LogP contribution in [0.3, 0.4) is 0 Å². The summed E-state index contributed by atoms with van der Waals surface area (Å²) in [5.41, 5.74) is -2.41. The molecule has 5 N–H and O–H groups in total. The van der Waals surface area contributed by atoms with E-state index < -0.39 is 28.7 Å². The molecule has 0 radical (unpaired) electrons. The molecular formula is C15H16FN5O4. The molecule has 0 aromatic carbocycles. The van der Waals surface area contributed by atoms with Gasteiger partial charge in [-0.05, 0) is 30.4 Å². The number of aromatic amines is 3. The maximum atomic E-state index is 13.6. The van der Waals surface area contributed by atoms with Crippen LogP contribution in [0.1, 0.15) is 27.4 Å². The molecule has 2 heterocycles. The van der Waals surface area contributed by atoms with Gasteiger partial charge in [-0.2, -0.15) is 4.39 Å². The molecule has 2 aromatic heterocycles. The van der Waals surface area contributed by atoms with Crippen LogP contribution in [0.2, 0.25) is 0 Å². The second kappa shape index (κ2) is 6.75. The number of amides is 2. The Labute approximate surface area is 140 Å². The van der Waals surface area contributed by atoms with Gasteiger partial charge >= 0.3 is 5.69 Å². The van der Waals surface area contributed by atoms with Gasteiger partial charge < -0.3 is 20.6 Å². The Morgan fingerprint density at radius 1 is 1.12 bits per heavy atom. The van der Waals surface area contributed by atoms with Gasteiger partial charge in [0.1, 0.15) is 11.4 Å². The lowest BCUT2D eigenvalue weighted by atomic mass is 10.3. The van der Waals surface area contributed by atoms with Crippen LogP contribution in [-0.4, -0.2) is 39.9 Å². The SMILES string of the molecule is O=C(NC[C@@H]1C[C@H]1CNC(=O)c1[nH]c(=O)[nH]c(=O)c1F)c1ccc[nH]1. The molecule has 25 heavy (non-hydrogen) atoms. The van der Waals surface area contributed by atoms with Crippen molar-refractivity contribution in [1.29, 1.82) is 0 Å². The van der Waals surface area contributed by atoms with Crippen molar-refractivity contribution in [3.63, 3.8) is 0 Å². The zero-order valence-electron chi connectivity index (χ0n) is 13.0. The molecule has 0 spiro atoms. The number of aromatic nitrogens is 3. The third kappa shape index (κ3) is 3.84.